The Morgan fingerprint density at radius 2 is 2.04 bits per heavy atom. The van der Waals surface area contributed by atoms with Gasteiger partial charge in [-0.25, -0.2) is 9.79 Å². The second-order valence-corrected chi connectivity index (χ2v) is 7.38. The summed E-state index contributed by atoms with van der Waals surface area (Å²) in [6.07, 6.45) is 3.96. The molecule has 5 nitrogen and oxygen atoms in total. The number of amides is 1. The number of hydrogen-bond acceptors (Lipinski definition) is 4. The second-order valence-electron chi connectivity index (χ2n) is 7.38. The van der Waals surface area contributed by atoms with Gasteiger partial charge < -0.3 is 4.74 Å². The molecule has 3 unspecified atom stereocenters. The molecule has 1 fully saturated rings. The Morgan fingerprint density at radius 1 is 1.23 bits per heavy atom. The molecule has 2 aromatic carbocycles. The lowest BCUT2D eigenvalue weighted by Crippen LogP contribution is -2.58. The predicted molar refractivity (Wildman–Crippen MR) is 101 cm³/mol. The van der Waals surface area contributed by atoms with Crippen molar-refractivity contribution in [2.75, 3.05) is 13.2 Å². The Kier molecular flexibility index (Phi) is 3.41. The maximum Gasteiger partial charge on any atom is 0.359 e. The van der Waals surface area contributed by atoms with Gasteiger partial charge in [0.2, 0.25) is 12.1 Å². The number of fused-ring (bicyclic) bond motifs is 4. The van der Waals surface area contributed by atoms with Crippen LogP contribution < -0.4 is 9.80 Å². The van der Waals surface area contributed by atoms with E-state index < -0.39 is 5.72 Å². The molecule has 0 saturated carbocycles. The lowest BCUT2D eigenvalue weighted by molar-refractivity contribution is -0.0127. The smallest absolute Gasteiger partial charge is 0.349 e. The van der Waals surface area contributed by atoms with Gasteiger partial charge in [-0.3, -0.25) is 5.32 Å². The van der Waals surface area contributed by atoms with Gasteiger partial charge in [0.1, 0.15) is 12.1 Å². The third kappa shape index (κ3) is 2.02. The number of carbonyl (C=O) groups is 1. The zero-order chi connectivity index (χ0) is 17.8. The second kappa shape index (κ2) is 5.58. The molecule has 3 atom stereocenters. The number of carbonyl (C=O) groups excluding carboxylic acids is 1. The van der Waals surface area contributed by atoms with Crippen molar-refractivity contribution in [3.63, 3.8) is 0 Å². The number of rotatable bonds is 2. The lowest BCUT2D eigenvalue weighted by Gasteiger charge is -2.31. The number of quaternary nitrogens is 1. The molecule has 0 aromatic heterocycles. The van der Waals surface area contributed by atoms with Crippen molar-refractivity contribution in [1.29, 1.82) is 0 Å². The summed E-state index contributed by atoms with van der Waals surface area (Å²) < 4.78 is 6.40. The standard InChI is InChI=1S/C21H22N3O2/c1-2-7-15-12-26-21(23-15)13-24(19-11-6-4-9-17(19)21)14-22-18-10-5-3-8-16(18)20(24)25/h3-6,8-11,14-15,23H,2,7,12-13H2,1H3/q+1. The van der Waals surface area contributed by atoms with Gasteiger partial charge in [-0.1, -0.05) is 37.6 Å². The Balaban J connectivity index is 1.64. The van der Waals surface area contributed by atoms with E-state index in [2.05, 4.69) is 23.3 Å². The molecular weight excluding hydrogens is 326 g/mol. The molecule has 2 spiro atoms. The predicted octanol–water partition coefficient (Wildman–Crippen LogP) is 3.46. The monoisotopic (exact) mass is 348 g/mol. The van der Waals surface area contributed by atoms with Gasteiger partial charge >= 0.3 is 5.91 Å². The van der Waals surface area contributed by atoms with Crippen LogP contribution in [-0.4, -0.2) is 31.4 Å². The fourth-order valence-corrected chi connectivity index (χ4v) is 4.57. The van der Waals surface area contributed by atoms with Gasteiger partial charge in [-0.15, -0.1) is 0 Å². The van der Waals surface area contributed by atoms with Gasteiger partial charge in [0, 0.05) is 12.1 Å². The number of aliphatic imine (C=N–C) groups is 1. The van der Waals surface area contributed by atoms with E-state index >= 15 is 0 Å². The first-order valence-electron chi connectivity index (χ1n) is 9.27. The Labute approximate surface area is 152 Å². The molecule has 1 amide bonds. The van der Waals surface area contributed by atoms with Crippen molar-refractivity contribution in [3.8, 4) is 0 Å². The fourth-order valence-electron chi connectivity index (χ4n) is 4.57. The summed E-state index contributed by atoms with van der Waals surface area (Å²) in [4.78, 5) is 18.2. The van der Waals surface area contributed by atoms with E-state index in [0.717, 1.165) is 29.8 Å². The molecule has 3 aliphatic rings. The van der Waals surface area contributed by atoms with Crippen LogP contribution in [0.4, 0.5) is 11.4 Å². The Hall–Kier alpha value is -2.34. The first kappa shape index (κ1) is 15.9. The number of ether oxygens (including phenoxy) is 1. The number of benzene rings is 2. The van der Waals surface area contributed by atoms with Gasteiger partial charge in [0.05, 0.1) is 17.9 Å². The van der Waals surface area contributed by atoms with Crippen LogP contribution in [0.25, 0.3) is 0 Å². The SMILES string of the molecule is CCCC1COC2(C[N+]3(C=Nc4ccccc4C3=O)c3ccccc32)N1. The summed E-state index contributed by atoms with van der Waals surface area (Å²) in [6, 6.07) is 16.0. The van der Waals surface area contributed by atoms with Crippen LogP contribution in [0, 0.1) is 0 Å². The minimum atomic E-state index is -0.621. The molecule has 3 heterocycles. The molecule has 2 aromatic rings. The molecule has 26 heavy (non-hydrogen) atoms. The van der Waals surface area contributed by atoms with Gasteiger partial charge in [-0.05, 0) is 24.6 Å². The molecule has 0 bridgehead atoms. The van der Waals surface area contributed by atoms with E-state index in [0.29, 0.717) is 24.8 Å². The van der Waals surface area contributed by atoms with E-state index in [-0.39, 0.29) is 10.4 Å². The third-order valence-corrected chi connectivity index (χ3v) is 5.74. The average molecular weight is 348 g/mol. The summed E-state index contributed by atoms with van der Waals surface area (Å²) >= 11 is 0. The number of hydrogen-bond donors (Lipinski definition) is 1. The Morgan fingerprint density at radius 3 is 2.92 bits per heavy atom. The lowest BCUT2D eigenvalue weighted by atomic mass is 10.0. The van der Waals surface area contributed by atoms with E-state index in [1.165, 1.54) is 0 Å². The van der Waals surface area contributed by atoms with Crippen LogP contribution in [-0.2, 0) is 10.5 Å². The van der Waals surface area contributed by atoms with Crippen LogP contribution >= 0.6 is 0 Å². The molecule has 0 radical (unpaired) electrons. The topological polar surface area (TPSA) is 50.7 Å². The third-order valence-electron chi connectivity index (χ3n) is 5.74. The molecule has 132 valence electrons. The highest BCUT2D eigenvalue weighted by atomic mass is 16.5. The minimum Gasteiger partial charge on any atom is -0.349 e. The van der Waals surface area contributed by atoms with Crippen LogP contribution in [0.5, 0.6) is 0 Å². The summed E-state index contributed by atoms with van der Waals surface area (Å²) in [5.41, 5.74) is 2.80. The Bertz CT molecular complexity index is 925. The summed E-state index contributed by atoms with van der Waals surface area (Å²) in [5.74, 6) is 0.0595. The molecule has 1 N–H and O–H groups in total. The first-order chi connectivity index (χ1) is 12.7. The van der Waals surface area contributed by atoms with Crippen molar-refractivity contribution in [1.82, 2.24) is 9.80 Å². The number of nitrogens with zero attached hydrogens (tertiary/aromatic N) is 2. The van der Waals surface area contributed by atoms with Gasteiger partial charge in [-0.2, -0.15) is 4.48 Å². The van der Waals surface area contributed by atoms with Crippen molar-refractivity contribution >= 4 is 23.6 Å². The van der Waals surface area contributed by atoms with Crippen LogP contribution in [0.3, 0.4) is 0 Å². The van der Waals surface area contributed by atoms with Crippen molar-refractivity contribution in [2.24, 2.45) is 4.99 Å². The van der Waals surface area contributed by atoms with Crippen molar-refractivity contribution in [2.45, 2.75) is 31.5 Å². The normalized spacial score (nSPS) is 31.6. The van der Waals surface area contributed by atoms with E-state index in [9.17, 15) is 4.79 Å². The van der Waals surface area contributed by atoms with Crippen molar-refractivity contribution < 1.29 is 9.53 Å². The molecule has 0 aliphatic carbocycles. The molecule has 3 aliphatic heterocycles. The van der Waals surface area contributed by atoms with Crippen LogP contribution in [0.1, 0.15) is 35.7 Å². The summed E-state index contributed by atoms with van der Waals surface area (Å²) in [6.45, 7) is 3.36. The highest BCUT2D eigenvalue weighted by molar-refractivity contribution is 6.17. The zero-order valence-electron chi connectivity index (χ0n) is 14.8. The number of para-hydroxylation sites is 2. The first-order valence-corrected chi connectivity index (χ1v) is 9.27. The quantitative estimate of drug-likeness (QED) is 0.846. The molecule has 5 rings (SSSR count). The maximum absolute atomic E-state index is 13.5. The van der Waals surface area contributed by atoms with E-state index in [1.54, 1.807) is 6.34 Å². The fraction of sp³-hybridized carbons (Fsp3) is 0.333. The zero-order valence-corrected chi connectivity index (χ0v) is 14.8. The highest BCUT2D eigenvalue weighted by Crippen LogP contribution is 2.48. The minimum absolute atomic E-state index is 0.0595. The molecule has 1 saturated heterocycles. The van der Waals surface area contributed by atoms with E-state index in [4.69, 9.17) is 4.74 Å². The van der Waals surface area contributed by atoms with Gasteiger partial charge in [0.15, 0.2) is 5.69 Å². The van der Waals surface area contributed by atoms with Crippen molar-refractivity contribution in [3.05, 3.63) is 59.7 Å². The highest BCUT2D eigenvalue weighted by Gasteiger charge is 2.61. The van der Waals surface area contributed by atoms with Gasteiger partial charge in [0.25, 0.3) is 0 Å². The molecular formula is C21H22N3O2+. The summed E-state index contributed by atoms with van der Waals surface area (Å²) in [7, 11) is 0. The number of nitrogens with one attached hydrogen (secondary N) is 1. The average Bonchev–Trinajstić information content (AvgIpc) is 3.20. The maximum atomic E-state index is 13.5. The largest absolute Gasteiger partial charge is 0.359 e. The van der Waals surface area contributed by atoms with Crippen LogP contribution in [0.2, 0.25) is 0 Å². The summed E-state index contributed by atoms with van der Waals surface area (Å²) in [5, 5.41) is 3.69. The van der Waals surface area contributed by atoms with E-state index in [1.807, 2.05) is 42.5 Å². The molecule has 5 heteroatoms. The van der Waals surface area contributed by atoms with Crippen LogP contribution in [0.15, 0.2) is 53.5 Å².